The molecule has 0 aromatic heterocycles. The lowest BCUT2D eigenvalue weighted by Crippen LogP contribution is -2.25. The number of nitrogens with zero attached hydrogens (tertiary/aromatic N) is 1. The molecule has 298 valence electrons. The van der Waals surface area contributed by atoms with Gasteiger partial charge >= 0.3 is 0 Å². The van der Waals surface area contributed by atoms with E-state index in [1.165, 1.54) is 99.4 Å². The van der Waals surface area contributed by atoms with Crippen LogP contribution in [-0.2, 0) is 5.41 Å². The fourth-order valence-electron chi connectivity index (χ4n) is 11.0. The predicted octanol–water partition coefficient (Wildman–Crippen LogP) is 16.8. The van der Waals surface area contributed by atoms with Gasteiger partial charge in [-0.15, -0.1) is 0 Å². The van der Waals surface area contributed by atoms with Crippen LogP contribution in [0.2, 0.25) is 0 Å². The lowest BCUT2D eigenvalue weighted by Gasteiger charge is -2.32. The number of benzene rings is 11. The monoisotopic (exact) mass is 811 g/mol. The van der Waals surface area contributed by atoms with Gasteiger partial charge in [-0.1, -0.05) is 212 Å². The molecule has 13 rings (SSSR count). The predicted molar refractivity (Wildman–Crippen MR) is 269 cm³/mol. The second-order valence-corrected chi connectivity index (χ2v) is 17.2. The maximum absolute atomic E-state index is 2.49. The van der Waals surface area contributed by atoms with Crippen LogP contribution in [0.3, 0.4) is 0 Å². The van der Waals surface area contributed by atoms with Crippen LogP contribution < -0.4 is 4.90 Å². The third kappa shape index (κ3) is 5.44. The zero-order valence-electron chi connectivity index (χ0n) is 35.1. The Labute approximate surface area is 373 Å². The van der Waals surface area contributed by atoms with E-state index in [4.69, 9.17) is 0 Å². The zero-order valence-corrected chi connectivity index (χ0v) is 35.1. The Morgan fingerprint density at radius 2 is 0.719 bits per heavy atom. The lowest BCUT2D eigenvalue weighted by molar-refractivity contribution is 0.794. The third-order valence-electron chi connectivity index (χ3n) is 13.9. The van der Waals surface area contributed by atoms with Crippen LogP contribution in [0, 0.1) is 0 Å². The SMILES string of the molecule is c1ccc(-c2ccc(-c3ccc(N(c4ccc5c(c4)-c4ccccc4C54c5ccccc5-c5ccccc54)c4ccc5ccccc5c4-c4ccc5ccccc5c4)cc3)cc2)cc1. The number of hydrogen-bond donors (Lipinski definition) is 0. The molecule has 0 radical (unpaired) electrons. The van der Waals surface area contributed by atoms with Gasteiger partial charge in [-0.2, -0.15) is 0 Å². The summed E-state index contributed by atoms with van der Waals surface area (Å²) in [5.74, 6) is 0. The molecule has 0 saturated heterocycles. The number of hydrogen-bond acceptors (Lipinski definition) is 1. The molecular weight excluding hydrogens is 771 g/mol. The molecule has 0 aliphatic heterocycles. The Balaban J connectivity index is 1.03. The highest BCUT2D eigenvalue weighted by atomic mass is 15.1. The van der Waals surface area contributed by atoms with Crippen LogP contribution in [-0.4, -0.2) is 0 Å². The molecule has 0 fully saturated rings. The molecule has 0 unspecified atom stereocenters. The van der Waals surface area contributed by atoms with Crippen LogP contribution in [0.25, 0.3) is 77.2 Å². The van der Waals surface area contributed by atoms with Gasteiger partial charge in [0.05, 0.1) is 11.1 Å². The summed E-state index contributed by atoms with van der Waals surface area (Å²) >= 11 is 0. The van der Waals surface area contributed by atoms with Gasteiger partial charge in [-0.3, -0.25) is 0 Å². The highest BCUT2D eigenvalue weighted by Crippen LogP contribution is 2.63. The molecular formula is C63H41N. The summed E-state index contributed by atoms with van der Waals surface area (Å²) < 4.78 is 0. The Kier molecular flexibility index (Phi) is 8.20. The molecule has 0 atom stereocenters. The molecule has 1 heteroatoms. The summed E-state index contributed by atoms with van der Waals surface area (Å²) in [6.45, 7) is 0. The Morgan fingerprint density at radius 3 is 1.38 bits per heavy atom. The van der Waals surface area contributed by atoms with E-state index in [1.54, 1.807) is 0 Å². The molecule has 11 aromatic carbocycles. The summed E-state index contributed by atoms with van der Waals surface area (Å²) in [7, 11) is 0. The smallest absolute Gasteiger partial charge is 0.0725 e. The van der Waals surface area contributed by atoms with Crippen molar-refractivity contribution in [2.45, 2.75) is 5.41 Å². The highest BCUT2D eigenvalue weighted by Gasteiger charge is 2.51. The zero-order chi connectivity index (χ0) is 42.2. The van der Waals surface area contributed by atoms with Gasteiger partial charge in [0, 0.05) is 16.9 Å². The first-order valence-electron chi connectivity index (χ1n) is 22.2. The van der Waals surface area contributed by atoms with Crippen molar-refractivity contribution in [2.75, 3.05) is 4.90 Å². The maximum atomic E-state index is 2.49. The van der Waals surface area contributed by atoms with Crippen molar-refractivity contribution >= 4 is 38.6 Å². The van der Waals surface area contributed by atoms with E-state index in [0.717, 1.165) is 17.1 Å². The first-order valence-corrected chi connectivity index (χ1v) is 22.2. The van der Waals surface area contributed by atoms with Crippen LogP contribution in [0.15, 0.2) is 249 Å². The average Bonchev–Trinajstić information content (AvgIpc) is 3.84. The summed E-state index contributed by atoms with van der Waals surface area (Å²) in [5, 5.41) is 4.90. The van der Waals surface area contributed by atoms with Crippen molar-refractivity contribution in [1.82, 2.24) is 0 Å². The second-order valence-electron chi connectivity index (χ2n) is 17.2. The van der Waals surface area contributed by atoms with Gasteiger partial charge in [-0.25, -0.2) is 0 Å². The van der Waals surface area contributed by atoms with E-state index in [-0.39, 0.29) is 0 Å². The normalized spacial score (nSPS) is 12.8. The number of anilines is 3. The van der Waals surface area contributed by atoms with Gasteiger partial charge < -0.3 is 4.90 Å². The third-order valence-corrected chi connectivity index (χ3v) is 13.9. The van der Waals surface area contributed by atoms with E-state index in [0.29, 0.717) is 0 Å². The standard InChI is InChI=1S/C63H41N/c1-2-14-42(15-3-1)44-26-28-45(29-27-44)46-32-35-50(36-33-46)64(61-39-34-47-17-6-7-19-52(47)62(61)49-31-30-43-16-4-5-18-48(43)40-49)51-37-38-60-56(41-51)55-22-10-13-25-59(55)63(60)57-23-11-8-20-53(57)54-21-9-12-24-58(54)63/h1-41H. The first-order chi connectivity index (χ1) is 31.7. The van der Waals surface area contributed by atoms with Gasteiger partial charge in [0.15, 0.2) is 0 Å². The first kappa shape index (κ1) is 36.4. The van der Waals surface area contributed by atoms with E-state index in [9.17, 15) is 0 Å². The second kappa shape index (κ2) is 14.4. The van der Waals surface area contributed by atoms with Gasteiger partial charge in [0.1, 0.15) is 0 Å². The molecule has 0 bridgehead atoms. The fraction of sp³-hybridized carbons (Fsp3) is 0.0159. The van der Waals surface area contributed by atoms with E-state index in [1.807, 2.05) is 0 Å². The van der Waals surface area contributed by atoms with Crippen molar-refractivity contribution in [3.63, 3.8) is 0 Å². The van der Waals surface area contributed by atoms with Crippen molar-refractivity contribution in [2.24, 2.45) is 0 Å². The molecule has 2 aliphatic rings. The molecule has 0 heterocycles. The molecule has 2 aliphatic carbocycles. The molecule has 1 spiro atoms. The Hall–Kier alpha value is -8.26. The summed E-state index contributed by atoms with van der Waals surface area (Å²) in [5.41, 5.74) is 20.7. The Bertz CT molecular complexity index is 3550. The van der Waals surface area contributed by atoms with Crippen molar-refractivity contribution in [1.29, 1.82) is 0 Å². The minimum atomic E-state index is -0.403. The molecule has 0 N–H and O–H groups in total. The quantitative estimate of drug-likeness (QED) is 0.162. The average molecular weight is 812 g/mol. The summed E-state index contributed by atoms with van der Waals surface area (Å²) in [4.78, 5) is 2.49. The maximum Gasteiger partial charge on any atom is 0.0725 e. The van der Waals surface area contributed by atoms with Gasteiger partial charge in [-0.05, 0) is 130 Å². The van der Waals surface area contributed by atoms with Crippen LogP contribution in [0.4, 0.5) is 17.1 Å². The Morgan fingerprint density at radius 1 is 0.266 bits per heavy atom. The van der Waals surface area contributed by atoms with Crippen LogP contribution in [0.1, 0.15) is 22.3 Å². The highest BCUT2D eigenvalue weighted by molar-refractivity contribution is 6.07. The van der Waals surface area contributed by atoms with Crippen LogP contribution in [0.5, 0.6) is 0 Å². The minimum absolute atomic E-state index is 0.403. The summed E-state index contributed by atoms with van der Waals surface area (Å²) in [6.07, 6.45) is 0. The minimum Gasteiger partial charge on any atom is -0.310 e. The lowest BCUT2D eigenvalue weighted by atomic mass is 9.70. The van der Waals surface area contributed by atoms with Crippen molar-refractivity contribution in [3.05, 3.63) is 271 Å². The van der Waals surface area contributed by atoms with E-state index in [2.05, 4.69) is 254 Å². The molecule has 11 aromatic rings. The topological polar surface area (TPSA) is 3.24 Å². The number of fused-ring (bicyclic) bond motifs is 12. The molecule has 0 saturated carbocycles. The fourth-order valence-corrected chi connectivity index (χ4v) is 11.0. The molecule has 1 nitrogen and oxygen atoms in total. The van der Waals surface area contributed by atoms with E-state index < -0.39 is 5.41 Å². The van der Waals surface area contributed by atoms with Crippen molar-refractivity contribution in [3.8, 4) is 55.6 Å². The van der Waals surface area contributed by atoms with Gasteiger partial charge in [0.2, 0.25) is 0 Å². The largest absolute Gasteiger partial charge is 0.310 e. The van der Waals surface area contributed by atoms with Crippen molar-refractivity contribution < 1.29 is 0 Å². The van der Waals surface area contributed by atoms with E-state index >= 15 is 0 Å². The molecule has 0 amide bonds. The summed E-state index contributed by atoms with van der Waals surface area (Å²) in [6, 6.07) is 92.1. The van der Waals surface area contributed by atoms with Crippen LogP contribution >= 0.6 is 0 Å². The number of rotatable bonds is 6. The molecule has 64 heavy (non-hydrogen) atoms. The van der Waals surface area contributed by atoms with Gasteiger partial charge in [0.25, 0.3) is 0 Å².